The Balaban J connectivity index is 2.22. The highest BCUT2D eigenvalue weighted by Gasteiger charge is 2.33. The largest absolute Gasteiger partial charge is 0.416 e. The quantitative estimate of drug-likeness (QED) is 0.801. The van der Waals surface area contributed by atoms with Gasteiger partial charge in [0.1, 0.15) is 6.33 Å². The number of halogens is 3. The molecule has 0 spiro atoms. The van der Waals surface area contributed by atoms with Crippen molar-refractivity contribution in [2.45, 2.75) is 36.1 Å². The van der Waals surface area contributed by atoms with Gasteiger partial charge in [-0.1, -0.05) is 24.8 Å². The molecule has 0 bridgehead atoms. The Kier molecular flexibility index (Phi) is 5.24. The van der Waals surface area contributed by atoms with Crippen LogP contribution in [-0.2, 0) is 12.7 Å². The van der Waals surface area contributed by atoms with Crippen molar-refractivity contribution in [1.29, 1.82) is 0 Å². The molecule has 0 fully saturated rings. The molecule has 4 nitrogen and oxygen atoms in total. The van der Waals surface area contributed by atoms with Gasteiger partial charge in [0.15, 0.2) is 5.16 Å². The number of aromatic amines is 1. The Morgan fingerprint density at radius 1 is 1.33 bits per heavy atom. The highest BCUT2D eigenvalue weighted by molar-refractivity contribution is 7.99. The van der Waals surface area contributed by atoms with Crippen LogP contribution in [0.15, 0.2) is 34.6 Å². The molecule has 2 N–H and O–H groups in total. The van der Waals surface area contributed by atoms with E-state index in [4.69, 9.17) is 0 Å². The fourth-order valence-electron chi connectivity index (χ4n) is 1.79. The van der Waals surface area contributed by atoms with Crippen molar-refractivity contribution < 1.29 is 13.2 Å². The Hall–Kier alpha value is -1.54. The first-order valence-electron chi connectivity index (χ1n) is 6.44. The normalized spacial score (nSPS) is 11.8. The number of nitrogens with zero attached hydrogens (tertiary/aromatic N) is 2. The lowest BCUT2D eigenvalue weighted by molar-refractivity contribution is -0.138. The number of hydrogen-bond donors (Lipinski definition) is 2. The third kappa shape index (κ3) is 4.47. The summed E-state index contributed by atoms with van der Waals surface area (Å²) in [5, 5.41) is 9.73. The molecule has 0 unspecified atom stereocenters. The lowest BCUT2D eigenvalue weighted by Crippen LogP contribution is -2.18. The van der Waals surface area contributed by atoms with Gasteiger partial charge in [-0.2, -0.15) is 18.3 Å². The molecule has 2 aromatic rings. The van der Waals surface area contributed by atoms with E-state index in [0.29, 0.717) is 16.6 Å². The van der Waals surface area contributed by atoms with Gasteiger partial charge in [-0.15, -0.1) is 0 Å². The second-order valence-electron chi connectivity index (χ2n) is 4.39. The third-order valence-corrected chi connectivity index (χ3v) is 3.62. The summed E-state index contributed by atoms with van der Waals surface area (Å²) < 4.78 is 39.4. The minimum Gasteiger partial charge on any atom is -0.313 e. The van der Waals surface area contributed by atoms with E-state index in [0.717, 1.165) is 24.2 Å². The van der Waals surface area contributed by atoms with Gasteiger partial charge in [-0.25, -0.2) is 4.98 Å². The van der Waals surface area contributed by atoms with Crippen LogP contribution in [-0.4, -0.2) is 21.7 Å². The summed E-state index contributed by atoms with van der Waals surface area (Å²) in [6, 6.07) is 4.31. The van der Waals surface area contributed by atoms with Crippen molar-refractivity contribution in [1.82, 2.24) is 20.5 Å². The lowest BCUT2D eigenvalue weighted by Gasteiger charge is -2.14. The first kappa shape index (κ1) is 15.8. The van der Waals surface area contributed by atoms with Gasteiger partial charge in [0, 0.05) is 11.4 Å². The summed E-state index contributed by atoms with van der Waals surface area (Å²) in [5.41, 5.74) is -0.367. The molecule has 2 rings (SSSR count). The third-order valence-electron chi connectivity index (χ3n) is 2.74. The van der Waals surface area contributed by atoms with Crippen LogP contribution in [0.1, 0.15) is 24.5 Å². The van der Waals surface area contributed by atoms with Crippen LogP contribution in [0.25, 0.3) is 0 Å². The predicted molar refractivity (Wildman–Crippen MR) is 73.9 cm³/mol. The molecule has 0 radical (unpaired) electrons. The second-order valence-corrected chi connectivity index (χ2v) is 5.45. The molecule has 21 heavy (non-hydrogen) atoms. The van der Waals surface area contributed by atoms with Crippen molar-refractivity contribution in [2.75, 3.05) is 6.54 Å². The Morgan fingerprint density at radius 2 is 2.14 bits per heavy atom. The number of benzene rings is 1. The van der Waals surface area contributed by atoms with Crippen LogP contribution < -0.4 is 5.32 Å². The SMILES string of the molecule is CCCNCc1ccc(Sc2ncn[nH]2)cc1C(F)(F)F. The van der Waals surface area contributed by atoms with E-state index in [2.05, 4.69) is 20.5 Å². The maximum atomic E-state index is 13.1. The molecule has 0 aliphatic rings. The predicted octanol–water partition coefficient (Wildman–Crippen LogP) is 3.47. The van der Waals surface area contributed by atoms with Gasteiger partial charge in [0.05, 0.1) is 5.56 Å². The number of hydrogen-bond acceptors (Lipinski definition) is 4. The number of H-pyrrole nitrogens is 1. The first-order chi connectivity index (χ1) is 10.0. The van der Waals surface area contributed by atoms with Crippen molar-refractivity contribution in [3.05, 3.63) is 35.7 Å². The van der Waals surface area contributed by atoms with Gasteiger partial charge in [-0.3, -0.25) is 5.10 Å². The molecule has 0 atom stereocenters. The Bertz CT molecular complexity index is 569. The van der Waals surface area contributed by atoms with E-state index in [9.17, 15) is 13.2 Å². The summed E-state index contributed by atoms with van der Waals surface area (Å²) in [4.78, 5) is 4.36. The standard InChI is InChI=1S/C13H15F3N4S/c1-2-5-17-7-9-3-4-10(6-11(9)13(14,15)16)21-12-18-8-19-20-12/h3-4,6,8,17H,2,5,7H2,1H3,(H,18,19,20). The minimum atomic E-state index is -4.37. The monoisotopic (exact) mass is 316 g/mol. The van der Waals surface area contributed by atoms with Crippen LogP contribution in [0, 0.1) is 0 Å². The number of rotatable bonds is 6. The van der Waals surface area contributed by atoms with Crippen molar-refractivity contribution >= 4 is 11.8 Å². The van der Waals surface area contributed by atoms with E-state index in [1.165, 1.54) is 12.4 Å². The summed E-state index contributed by atoms with van der Waals surface area (Å²) in [6.07, 6.45) is -2.18. The van der Waals surface area contributed by atoms with Gasteiger partial charge in [0.25, 0.3) is 0 Å². The molecule has 114 valence electrons. The average Bonchev–Trinajstić information content (AvgIpc) is 2.92. The van der Waals surface area contributed by atoms with E-state index in [1.54, 1.807) is 6.07 Å². The number of nitrogens with one attached hydrogen (secondary N) is 2. The van der Waals surface area contributed by atoms with E-state index < -0.39 is 11.7 Å². The van der Waals surface area contributed by atoms with Gasteiger partial charge in [-0.05, 0) is 30.7 Å². The van der Waals surface area contributed by atoms with Gasteiger partial charge in [0.2, 0.25) is 0 Å². The average molecular weight is 316 g/mol. The topological polar surface area (TPSA) is 53.6 Å². The Morgan fingerprint density at radius 3 is 2.76 bits per heavy atom. The molecule has 0 saturated carbocycles. The smallest absolute Gasteiger partial charge is 0.313 e. The van der Waals surface area contributed by atoms with E-state index in [-0.39, 0.29) is 12.1 Å². The Labute approximate surface area is 124 Å². The van der Waals surface area contributed by atoms with Crippen LogP contribution >= 0.6 is 11.8 Å². The second kappa shape index (κ2) is 6.95. The summed E-state index contributed by atoms with van der Waals surface area (Å²) in [6.45, 7) is 2.86. The molecule has 0 saturated heterocycles. The van der Waals surface area contributed by atoms with Crippen molar-refractivity contribution in [3.63, 3.8) is 0 Å². The molecule has 0 aliphatic carbocycles. The zero-order chi connectivity index (χ0) is 15.3. The molecule has 8 heteroatoms. The molecule has 1 aromatic heterocycles. The number of aromatic nitrogens is 3. The molecular formula is C13H15F3N4S. The van der Waals surface area contributed by atoms with E-state index >= 15 is 0 Å². The van der Waals surface area contributed by atoms with Crippen LogP contribution in [0.3, 0.4) is 0 Å². The summed E-state index contributed by atoms with van der Waals surface area (Å²) >= 11 is 1.11. The van der Waals surface area contributed by atoms with Crippen LogP contribution in [0.4, 0.5) is 13.2 Å². The summed E-state index contributed by atoms with van der Waals surface area (Å²) in [5.74, 6) is 0. The molecule has 1 heterocycles. The molecule has 1 aromatic carbocycles. The van der Waals surface area contributed by atoms with Gasteiger partial charge < -0.3 is 5.32 Å². The highest BCUT2D eigenvalue weighted by atomic mass is 32.2. The first-order valence-corrected chi connectivity index (χ1v) is 7.26. The van der Waals surface area contributed by atoms with Crippen molar-refractivity contribution in [3.8, 4) is 0 Å². The van der Waals surface area contributed by atoms with Crippen molar-refractivity contribution in [2.24, 2.45) is 0 Å². The number of alkyl halides is 3. The zero-order valence-corrected chi connectivity index (χ0v) is 12.2. The fraction of sp³-hybridized carbons (Fsp3) is 0.385. The van der Waals surface area contributed by atoms with Gasteiger partial charge >= 0.3 is 6.18 Å². The molecule has 0 amide bonds. The highest BCUT2D eigenvalue weighted by Crippen LogP contribution is 2.35. The fourth-order valence-corrected chi connectivity index (χ4v) is 2.53. The lowest BCUT2D eigenvalue weighted by atomic mass is 10.1. The molecule has 0 aliphatic heterocycles. The minimum absolute atomic E-state index is 0.204. The summed E-state index contributed by atoms with van der Waals surface area (Å²) in [7, 11) is 0. The van der Waals surface area contributed by atoms with Crippen LogP contribution in [0.2, 0.25) is 0 Å². The maximum absolute atomic E-state index is 13.1. The maximum Gasteiger partial charge on any atom is 0.416 e. The zero-order valence-electron chi connectivity index (χ0n) is 11.4. The van der Waals surface area contributed by atoms with E-state index in [1.807, 2.05) is 6.92 Å². The van der Waals surface area contributed by atoms with Crippen LogP contribution in [0.5, 0.6) is 0 Å². The molecular weight excluding hydrogens is 301 g/mol.